The highest BCUT2D eigenvalue weighted by Crippen LogP contribution is 2.37. The summed E-state index contributed by atoms with van der Waals surface area (Å²) >= 11 is 5.64. The first-order chi connectivity index (χ1) is 15.1. The molecule has 0 aliphatic heterocycles. The van der Waals surface area contributed by atoms with Crippen molar-refractivity contribution in [2.24, 2.45) is 5.10 Å². The van der Waals surface area contributed by atoms with Gasteiger partial charge in [0, 0.05) is 0 Å². The lowest BCUT2D eigenvalue weighted by molar-refractivity contribution is -0.137. The zero-order chi connectivity index (χ0) is 23.4. The summed E-state index contributed by atoms with van der Waals surface area (Å²) < 4.78 is 71.8. The number of nitrogens with zero attached hydrogens (tertiary/aromatic N) is 2. The molecule has 0 aliphatic carbocycles. The molecule has 1 amide bonds. The van der Waals surface area contributed by atoms with E-state index in [1.165, 1.54) is 36.7 Å². The van der Waals surface area contributed by atoms with Gasteiger partial charge in [0.1, 0.15) is 12.3 Å². The van der Waals surface area contributed by atoms with Gasteiger partial charge >= 0.3 is 6.18 Å². The van der Waals surface area contributed by atoms with E-state index >= 15 is 0 Å². The van der Waals surface area contributed by atoms with Gasteiger partial charge in [-0.2, -0.15) is 18.3 Å². The number of halogens is 4. The van der Waals surface area contributed by atoms with Crippen molar-refractivity contribution in [3.8, 4) is 0 Å². The van der Waals surface area contributed by atoms with Crippen molar-refractivity contribution in [3.05, 3.63) is 83.3 Å². The van der Waals surface area contributed by atoms with Gasteiger partial charge in [0.15, 0.2) is 0 Å². The molecule has 3 aromatic rings. The van der Waals surface area contributed by atoms with Crippen molar-refractivity contribution < 1.29 is 30.8 Å². The van der Waals surface area contributed by atoms with Crippen molar-refractivity contribution in [3.63, 3.8) is 0 Å². The molecule has 0 bridgehead atoms. The summed E-state index contributed by atoms with van der Waals surface area (Å²) in [6, 6.07) is 12.7. The van der Waals surface area contributed by atoms with Gasteiger partial charge in [-0.3, -0.25) is 9.10 Å². The van der Waals surface area contributed by atoms with Gasteiger partial charge in [-0.1, -0.05) is 29.8 Å². The third-order valence-corrected chi connectivity index (χ3v) is 6.20. The SMILES string of the molecule is O=C(CN(c1ccc(Cl)c(C(F)(F)F)c1)S(=O)(=O)c1ccccc1)N/N=C/c1ccco1. The maximum Gasteiger partial charge on any atom is 0.417 e. The molecular formula is C20H15ClF3N3O4S. The summed E-state index contributed by atoms with van der Waals surface area (Å²) in [4.78, 5) is 12.2. The maximum absolute atomic E-state index is 13.3. The summed E-state index contributed by atoms with van der Waals surface area (Å²) in [6.07, 6.45) is -2.26. The van der Waals surface area contributed by atoms with Crippen LogP contribution < -0.4 is 9.73 Å². The van der Waals surface area contributed by atoms with E-state index in [1.807, 2.05) is 0 Å². The number of anilines is 1. The number of hydrogen-bond acceptors (Lipinski definition) is 5. The van der Waals surface area contributed by atoms with E-state index < -0.39 is 44.9 Å². The average Bonchev–Trinajstić information content (AvgIpc) is 3.26. The van der Waals surface area contributed by atoms with E-state index in [0.29, 0.717) is 16.1 Å². The first kappa shape index (κ1) is 23.4. The van der Waals surface area contributed by atoms with E-state index in [0.717, 1.165) is 12.1 Å². The Bertz CT molecular complexity index is 1210. The highest BCUT2D eigenvalue weighted by molar-refractivity contribution is 7.92. The second-order valence-electron chi connectivity index (χ2n) is 6.30. The quantitative estimate of drug-likeness (QED) is 0.399. The number of nitrogens with one attached hydrogen (secondary N) is 1. The van der Waals surface area contributed by atoms with Crippen molar-refractivity contribution in [2.45, 2.75) is 11.1 Å². The van der Waals surface area contributed by atoms with Crippen molar-refractivity contribution in [1.29, 1.82) is 0 Å². The van der Waals surface area contributed by atoms with Crippen LogP contribution in [0.5, 0.6) is 0 Å². The fourth-order valence-electron chi connectivity index (χ4n) is 2.62. The Morgan fingerprint density at radius 1 is 1.12 bits per heavy atom. The molecule has 168 valence electrons. The highest BCUT2D eigenvalue weighted by atomic mass is 35.5. The second-order valence-corrected chi connectivity index (χ2v) is 8.56. The molecule has 0 atom stereocenters. The summed E-state index contributed by atoms with van der Waals surface area (Å²) in [5, 5.41) is 3.04. The fourth-order valence-corrected chi connectivity index (χ4v) is 4.28. The van der Waals surface area contributed by atoms with Crippen LogP contribution in [0, 0.1) is 0 Å². The Hall–Kier alpha value is -3.31. The lowest BCUT2D eigenvalue weighted by atomic mass is 10.2. The molecule has 1 N–H and O–H groups in total. The van der Waals surface area contributed by atoms with E-state index in [-0.39, 0.29) is 4.90 Å². The minimum Gasteiger partial charge on any atom is -0.463 e. The Balaban J connectivity index is 1.96. The Morgan fingerprint density at radius 2 is 1.84 bits per heavy atom. The first-order valence-electron chi connectivity index (χ1n) is 8.89. The minimum atomic E-state index is -4.83. The van der Waals surface area contributed by atoms with Crippen LogP contribution in [0.1, 0.15) is 11.3 Å². The number of carbonyl (C=O) groups excluding carboxylic acids is 1. The molecular weight excluding hydrogens is 471 g/mol. The predicted octanol–water partition coefficient (Wildman–Crippen LogP) is 4.30. The van der Waals surface area contributed by atoms with Gasteiger partial charge in [0.25, 0.3) is 15.9 Å². The molecule has 32 heavy (non-hydrogen) atoms. The Morgan fingerprint density at radius 3 is 2.47 bits per heavy atom. The van der Waals surface area contributed by atoms with Gasteiger partial charge in [0.05, 0.1) is 33.6 Å². The van der Waals surface area contributed by atoms with Gasteiger partial charge in [-0.05, 0) is 42.5 Å². The number of hydrazone groups is 1. The molecule has 0 radical (unpaired) electrons. The first-order valence-corrected chi connectivity index (χ1v) is 10.7. The van der Waals surface area contributed by atoms with Crippen LogP contribution >= 0.6 is 11.6 Å². The number of furan rings is 1. The molecule has 0 fully saturated rings. The molecule has 3 rings (SSSR count). The smallest absolute Gasteiger partial charge is 0.417 e. The van der Waals surface area contributed by atoms with Gasteiger partial charge in [-0.25, -0.2) is 13.8 Å². The lowest BCUT2D eigenvalue weighted by Crippen LogP contribution is -2.39. The molecule has 0 saturated heterocycles. The van der Waals surface area contributed by atoms with Gasteiger partial charge < -0.3 is 4.42 Å². The molecule has 2 aromatic carbocycles. The highest BCUT2D eigenvalue weighted by Gasteiger charge is 2.35. The van der Waals surface area contributed by atoms with Crippen molar-refractivity contribution in [1.82, 2.24) is 5.43 Å². The Labute approximate surface area is 186 Å². The molecule has 1 aromatic heterocycles. The maximum atomic E-state index is 13.3. The molecule has 1 heterocycles. The predicted molar refractivity (Wildman–Crippen MR) is 112 cm³/mol. The van der Waals surface area contributed by atoms with E-state index in [9.17, 15) is 26.4 Å². The second kappa shape index (κ2) is 9.45. The van der Waals surface area contributed by atoms with Crippen LogP contribution in [0.2, 0.25) is 5.02 Å². The molecule has 0 aliphatic rings. The largest absolute Gasteiger partial charge is 0.463 e. The third kappa shape index (κ3) is 5.48. The molecule has 0 saturated carbocycles. The van der Waals surface area contributed by atoms with E-state index in [4.69, 9.17) is 16.0 Å². The zero-order valence-corrected chi connectivity index (χ0v) is 17.7. The average molecular weight is 486 g/mol. The summed E-state index contributed by atoms with van der Waals surface area (Å²) in [6.45, 7) is -0.842. The van der Waals surface area contributed by atoms with E-state index in [1.54, 1.807) is 18.2 Å². The fraction of sp³-hybridized carbons (Fsp3) is 0.100. The number of rotatable bonds is 7. The zero-order valence-electron chi connectivity index (χ0n) is 16.1. The number of alkyl halides is 3. The standard InChI is InChI=1S/C20H15ClF3N3O4S/c21-18-9-8-14(11-17(18)20(22,23)24)27(32(29,30)16-6-2-1-3-7-16)13-19(28)26-25-12-15-5-4-10-31-15/h1-12H,13H2,(H,26,28)/b25-12+. The monoisotopic (exact) mass is 485 g/mol. The number of benzene rings is 2. The number of sulfonamides is 1. The van der Waals surface area contributed by atoms with E-state index in [2.05, 4.69) is 10.5 Å². The molecule has 0 spiro atoms. The van der Waals surface area contributed by atoms with Crippen LogP contribution in [0.3, 0.4) is 0 Å². The molecule has 0 unspecified atom stereocenters. The summed E-state index contributed by atoms with van der Waals surface area (Å²) in [7, 11) is -4.40. The lowest BCUT2D eigenvalue weighted by Gasteiger charge is -2.24. The van der Waals surface area contributed by atoms with Crippen LogP contribution in [-0.4, -0.2) is 27.1 Å². The normalized spacial score (nSPS) is 12.1. The Kier molecular flexibility index (Phi) is 6.90. The van der Waals surface area contributed by atoms with Crippen LogP contribution in [0.25, 0.3) is 0 Å². The van der Waals surface area contributed by atoms with Crippen LogP contribution in [-0.2, 0) is 21.0 Å². The third-order valence-electron chi connectivity index (χ3n) is 4.09. The summed E-state index contributed by atoms with van der Waals surface area (Å²) in [5.74, 6) is -0.567. The molecule has 7 nitrogen and oxygen atoms in total. The summed E-state index contributed by atoms with van der Waals surface area (Å²) in [5.41, 5.74) is 0.489. The molecule has 12 heteroatoms. The van der Waals surface area contributed by atoms with Gasteiger partial charge in [0.2, 0.25) is 0 Å². The van der Waals surface area contributed by atoms with Crippen molar-refractivity contribution in [2.75, 3.05) is 10.8 Å². The van der Waals surface area contributed by atoms with Crippen LogP contribution in [0.15, 0.2) is 81.3 Å². The van der Waals surface area contributed by atoms with Crippen molar-refractivity contribution >= 4 is 39.4 Å². The number of amides is 1. The van der Waals surface area contributed by atoms with Gasteiger partial charge in [-0.15, -0.1) is 0 Å². The number of hydrogen-bond donors (Lipinski definition) is 1. The topological polar surface area (TPSA) is 92.0 Å². The number of carbonyl (C=O) groups is 1. The minimum absolute atomic E-state index is 0.213. The van der Waals surface area contributed by atoms with Crippen LogP contribution in [0.4, 0.5) is 18.9 Å².